The van der Waals surface area contributed by atoms with Gasteiger partial charge >= 0.3 is 0 Å². The Morgan fingerprint density at radius 1 is 1.27 bits per heavy atom. The molecule has 0 bridgehead atoms. The summed E-state index contributed by atoms with van der Waals surface area (Å²) in [6.45, 7) is 0.447. The lowest BCUT2D eigenvalue weighted by Gasteiger charge is -2.33. The quantitative estimate of drug-likeness (QED) is 0.524. The second-order valence-electron chi connectivity index (χ2n) is 9.27. The van der Waals surface area contributed by atoms with Gasteiger partial charge in [0.15, 0.2) is 0 Å². The number of halogens is 1. The zero-order valence-electron chi connectivity index (χ0n) is 19.1. The number of rotatable bonds is 9. The number of hydrogen-bond acceptors (Lipinski definition) is 7. The Labute approximate surface area is 200 Å². The summed E-state index contributed by atoms with van der Waals surface area (Å²) in [5.74, 6) is 1.98. The summed E-state index contributed by atoms with van der Waals surface area (Å²) in [4.78, 5) is 8.91. The van der Waals surface area contributed by atoms with Crippen LogP contribution in [0.5, 0.6) is 5.88 Å². The summed E-state index contributed by atoms with van der Waals surface area (Å²) in [5, 5.41) is 0. The van der Waals surface area contributed by atoms with Crippen LogP contribution >= 0.6 is 11.6 Å². The number of nitrogens with zero attached hydrogens (tertiary/aromatic N) is 2. The van der Waals surface area contributed by atoms with Gasteiger partial charge < -0.3 is 13.9 Å². The van der Waals surface area contributed by atoms with Crippen LogP contribution in [0.15, 0.2) is 29.0 Å². The molecule has 0 amide bonds. The van der Waals surface area contributed by atoms with Gasteiger partial charge in [-0.2, -0.15) is 0 Å². The van der Waals surface area contributed by atoms with Crippen LogP contribution in [0, 0.1) is 0 Å². The predicted molar refractivity (Wildman–Crippen MR) is 125 cm³/mol. The highest BCUT2D eigenvalue weighted by atomic mass is 35.5. The fraction of sp³-hybridized carbons (Fsp3) is 0.652. The first-order valence-corrected chi connectivity index (χ1v) is 13.8. The molecule has 0 saturated heterocycles. The zero-order valence-corrected chi connectivity index (χ0v) is 20.7. The number of aromatic nitrogens is 2. The molecule has 2 saturated carbocycles. The Morgan fingerprint density at radius 2 is 2.06 bits per heavy atom. The maximum absolute atomic E-state index is 11.8. The molecule has 0 spiro atoms. The molecule has 2 aliphatic carbocycles. The van der Waals surface area contributed by atoms with Crippen LogP contribution in [0.1, 0.15) is 68.0 Å². The van der Waals surface area contributed by atoms with Gasteiger partial charge in [-0.1, -0.05) is 6.07 Å². The predicted octanol–water partition coefficient (Wildman–Crippen LogP) is 3.90. The summed E-state index contributed by atoms with van der Waals surface area (Å²) >= 11 is 5.93. The van der Waals surface area contributed by atoms with E-state index in [0.717, 1.165) is 37.7 Å². The third-order valence-electron chi connectivity index (χ3n) is 6.83. The van der Waals surface area contributed by atoms with Crippen LogP contribution < -0.4 is 9.46 Å². The van der Waals surface area contributed by atoms with Crippen molar-refractivity contribution in [2.24, 2.45) is 0 Å². The average Bonchev–Trinajstić information content (AvgIpc) is 3.45. The summed E-state index contributed by atoms with van der Waals surface area (Å²) in [5.41, 5.74) is 1.38. The molecule has 0 aromatic carbocycles. The lowest BCUT2D eigenvalue weighted by molar-refractivity contribution is -0.0101. The molecule has 8 nitrogen and oxygen atoms in total. The van der Waals surface area contributed by atoms with Crippen molar-refractivity contribution in [3.05, 3.63) is 41.7 Å². The van der Waals surface area contributed by atoms with Gasteiger partial charge in [-0.15, -0.1) is 11.6 Å². The largest absolute Gasteiger partial charge is 0.481 e. The number of alkyl halides is 1. The molecule has 10 heteroatoms. The van der Waals surface area contributed by atoms with Crippen molar-refractivity contribution in [1.29, 1.82) is 0 Å². The van der Waals surface area contributed by atoms with Gasteiger partial charge in [-0.3, -0.25) is 0 Å². The van der Waals surface area contributed by atoms with Gasteiger partial charge in [0.25, 0.3) is 0 Å². The number of ether oxygens (including phenoxy) is 2. The second kappa shape index (κ2) is 10.3. The van der Waals surface area contributed by atoms with Gasteiger partial charge in [0.05, 0.1) is 43.1 Å². The highest BCUT2D eigenvalue weighted by molar-refractivity contribution is 7.88. The molecule has 4 rings (SSSR count). The first-order chi connectivity index (χ1) is 15.8. The number of nitrogens with one attached hydrogen (secondary N) is 1. The number of methoxy groups -OCH3 is 1. The molecule has 2 aromatic heterocycles. The van der Waals surface area contributed by atoms with E-state index in [-0.39, 0.29) is 18.0 Å². The second-order valence-corrected chi connectivity index (χ2v) is 11.3. The van der Waals surface area contributed by atoms with Crippen LogP contribution in [0.25, 0.3) is 0 Å². The van der Waals surface area contributed by atoms with Crippen LogP contribution in [-0.4, -0.2) is 50.5 Å². The van der Waals surface area contributed by atoms with Crippen molar-refractivity contribution in [1.82, 2.24) is 14.7 Å². The van der Waals surface area contributed by atoms with Crippen molar-refractivity contribution < 1.29 is 22.3 Å². The van der Waals surface area contributed by atoms with Gasteiger partial charge in [0.1, 0.15) is 6.26 Å². The van der Waals surface area contributed by atoms with Gasteiger partial charge in [-0.25, -0.2) is 23.1 Å². The normalized spacial score (nSPS) is 28.2. The van der Waals surface area contributed by atoms with E-state index in [4.69, 9.17) is 25.5 Å². The Kier molecular flexibility index (Phi) is 7.63. The molecular formula is C23H32ClN3O5S. The molecule has 2 fully saturated rings. The van der Waals surface area contributed by atoms with Crippen molar-refractivity contribution in [3.8, 4) is 5.88 Å². The van der Waals surface area contributed by atoms with Gasteiger partial charge in [0.2, 0.25) is 21.8 Å². The Balaban J connectivity index is 1.41. The van der Waals surface area contributed by atoms with Crippen molar-refractivity contribution in [2.45, 2.75) is 74.3 Å². The van der Waals surface area contributed by atoms with E-state index in [1.54, 1.807) is 19.6 Å². The van der Waals surface area contributed by atoms with Crippen molar-refractivity contribution in [2.75, 3.05) is 20.0 Å². The molecule has 2 atom stereocenters. The molecule has 182 valence electrons. The number of pyridine rings is 1. The topological polar surface area (TPSA) is 104 Å². The maximum atomic E-state index is 11.8. The number of sulfonamides is 1. The molecule has 0 radical (unpaired) electrons. The Hall–Kier alpha value is -1.68. The number of hydrogen-bond donors (Lipinski definition) is 1. The SMILES string of the molecule is COc1ncccc1C1CCC(OC[C@]2(c3nc(CCl)co3)CC[C@H](NS(C)(=O)=O)C2)CC1. The molecule has 1 N–H and O–H groups in total. The maximum Gasteiger partial charge on any atom is 0.216 e. The van der Waals surface area contributed by atoms with Crippen LogP contribution in [0.2, 0.25) is 0 Å². The van der Waals surface area contributed by atoms with Crippen LogP contribution in [-0.2, 0) is 26.1 Å². The van der Waals surface area contributed by atoms with E-state index in [2.05, 4.69) is 20.8 Å². The van der Waals surface area contributed by atoms with E-state index < -0.39 is 15.4 Å². The Bertz CT molecular complexity index is 1040. The van der Waals surface area contributed by atoms with Crippen LogP contribution in [0.4, 0.5) is 0 Å². The third kappa shape index (κ3) is 5.88. The van der Waals surface area contributed by atoms with E-state index in [0.29, 0.717) is 42.8 Å². The van der Waals surface area contributed by atoms with Crippen molar-refractivity contribution in [3.63, 3.8) is 0 Å². The molecule has 33 heavy (non-hydrogen) atoms. The van der Waals surface area contributed by atoms with Gasteiger partial charge in [-0.05, 0) is 56.9 Å². The van der Waals surface area contributed by atoms with E-state index in [9.17, 15) is 8.42 Å². The summed E-state index contributed by atoms with van der Waals surface area (Å²) in [6.07, 6.45) is 10.6. The fourth-order valence-corrected chi connectivity index (χ4v) is 6.16. The fourth-order valence-electron chi connectivity index (χ4n) is 5.23. The molecule has 0 unspecified atom stereocenters. The zero-order chi connectivity index (χ0) is 23.5. The minimum atomic E-state index is -3.29. The standard InChI is InChI=1S/C23H32ClN3O5S/c1-30-21-20(4-3-11-25-21)16-5-7-19(8-6-16)32-15-23(22-26-18(13-24)14-31-22)10-9-17(12-23)27-33(2,28)29/h3-4,11,14,16-17,19,27H,5-10,12-13,15H2,1-2H3/t16?,17-,19?,23-/m0/s1. The third-order valence-corrected chi connectivity index (χ3v) is 7.87. The molecular weight excluding hydrogens is 466 g/mol. The lowest BCUT2D eigenvalue weighted by atomic mass is 9.82. The monoisotopic (exact) mass is 497 g/mol. The summed E-state index contributed by atoms with van der Waals surface area (Å²) in [6, 6.07) is 3.89. The Morgan fingerprint density at radius 3 is 2.73 bits per heavy atom. The highest BCUT2D eigenvalue weighted by Crippen LogP contribution is 2.43. The molecule has 2 aromatic rings. The lowest BCUT2D eigenvalue weighted by Crippen LogP contribution is -2.37. The van der Waals surface area contributed by atoms with E-state index in [1.807, 2.05) is 6.07 Å². The summed E-state index contributed by atoms with van der Waals surface area (Å²) in [7, 11) is -1.63. The summed E-state index contributed by atoms with van der Waals surface area (Å²) < 4.78 is 43.9. The molecule has 2 heterocycles. The first-order valence-electron chi connectivity index (χ1n) is 11.4. The minimum Gasteiger partial charge on any atom is -0.481 e. The molecule has 0 aliphatic heterocycles. The highest BCUT2D eigenvalue weighted by Gasteiger charge is 2.46. The number of oxazole rings is 1. The first kappa shape index (κ1) is 24.4. The van der Waals surface area contributed by atoms with E-state index in [1.165, 1.54) is 6.26 Å². The minimum absolute atomic E-state index is 0.144. The van der Waals surface area contributed by atoms with Crippen LogP contribution in [0.3, 0.4) is 0 Å². The van der Waals surface area contributed by atoms with Crippen molar-refractivity contribution >= 4 is 21.6 Å². The molecule has 2 aliphatic rings. The smallest absolute Gasteiger partial charge is 0.216 e. The van der Waals surface area contributed by atoms with Gasteiger partial charge in [0, 0.05) is 17.8 Å². The average molecular weight is 498 g/mol. The van der Waals surface area contributed by atoms with E-state index >= 15 is 0 Å².